The van der Waals surface area contributed by atoms with Gasteiger partial charge in [0.25, 0.3) is 5.91 Å². The lowest BCUT2D eigenvalue weighted by atomic mass is 9.75. The number of carbonyl (C=O) groups excluding carboxylic acids is 2. The van der Waals surface area contributed by atoms with E-state index in [1.54, 1.807) is 18.2 Å². The van der Waals surface area contributed by atoms with E-state index < -0.39 is 11.5 Å². The normalized spacial score (nSPS) is 16.6. The first-order valence-electron chi connectivity index (χ1n) is 14.9. The number of hydrogen-bond donors (Lipinski definition) is 3. The van der Waals surface area contributed by atoms with Crippen LogP contribution >= 0.6 is 0 Å². The maximum atomic E-state index is 13.6. The first-order valence-corrected chi connectivity index (χ1v) is 14.9. The molecule has 2 amide bonds. The van der Waals surface area contributed by atoms with Crippen molar-refractivity contribution in [3.63, 3.8) is 0 Å². The Morgan fingerprint density at radius 3 is 2.42 bits per heavy atom. The second kappa shape index (κ2) is 10.7. The van der Waals surface area contributed by atoms with Gasteiger partial charge in [0.2, 0.25) is 11.7 Å². The zero-order chi connectivity index (χ0) is 29.6. The highest BCUT2D eigenvalue weighted by Gasteiger charge is 2.45. The van der Waals surface area contributed by atoms with Gasteiger partial charge in [0, 0.05) is 34.0 Å². The standard InChI is InChI=1S/C34H32N4O5/c39-31(36-34(16-7-17-34)33(42)35-24-14-12-22-19-29(32(40)41)43-28(22)20-24)23-13-15-26-27(18-23)37-38(25-10-5-2-6-11-25)30(26)21-8-3-1-4-9-21/h2,5-6,10-15,18-21H,1,3-4,7-9,16-17H2,(H,35,42)(H,36,39)(H,40,41). The van der Waals surface area contributed by atoms with Crippen molar-refractivity contribution in [2.24, 2.45) is 0 Å². The molecule has 2 saturated carbocycles. The number of carboxylic acid groups (broad SMARTS) is 1. The number of carboxylic acids is 1. The SMILES string of the molecule is O=C(NC1(C(=O)Nc2ccc3cc(C(=O)O)oc3c2)CCC1)c1ccc2c(C3CCCCC3)n(-c3ccccc3)nc2c1. The third-order valence-electron chi connectivity index (χ3n) is 8.95. The smallest absolute Gasteiger partial charge is 0.371 e. The van der Waals surface area contributed by atoms with E-state index >= 15 is 0 Å². The van der Waals surface area contributed by atoms with Gasteiger partial charge in [0.15, 0.2) is 0 Å². The minimum Gasteiger partial charge on any atom is -0.475 e. The zero-order valence-corrected chi connectivity index (χ0v) is 23.6. The van der Waals surface area contributed by atoms with Gasteiger partial charge in [-0.3, -0.25) is 9.59 Å². The minimum atomic E-state index is -1.16. The van der Waals surface area contributed by atoms with Crippen LogP contribution in [0.15, 0.2) is 77.2 Å². The molecule has 7 rings (SSSR count). The predicted molar refractivity (Wildman–Crippen MR) is 163 cm³/mol. The fraction of sp³-hybridized carbons (Fsp3) is 0.294. The Bertz CT molecular complexity index is 1860. The van der Waals surface area contributed by atoms with Gasteiger partial charge in [-0.1, -0.05) is 43.5 Å². The van der Waals surface area contributed by atoms with E-state index in [4.69, 9.17) is 9.52 Å². The van der Waals surface area contributed by atoms with Crippen molar-refractivity contribution < 1.29 is 23.9 Å². The fourth-order valence-electron chi connectivity index (χ4n) is 6.48. The highest BCUT2D eigenvalue weighted by molar-refractivity contribution is 6.06. The number of aromatic nitrogens is 2. The summed E-state index contributed by atoms with van der Waals surface area (Å²) in [5.74, 6) is -1.55. The Kier molecular flexibility index (Phi) is 6.72. The van der Waals surface area contributed by atoms with Crippen LogP contribution in [-0.2, 0) is 4.79 Å². The van der Waals surface area contributed by atoms with Gasteiger partial charge in [-0.05, 0) is 74.6 Å². The molecule has 0 unspecified atom stereocenters. The van der Waals surface area contributed by atoms with Crippen molar-refractivity contribution in [3.8, 4) is 5.69 Å². The van der Waals surface area contributed by atoms with Crippen molar-refractivity contribution in [2.45, 2.75) is 62.8 Å². The quantitative estimate of drug-likeness (QED) is 0.195. The summed E-state index contributed by atoms with van der Waals surface area (Å²) in [6.45, 7) is 0. The van der Waals surface area contributed by atoms with Crippen molar-refractivity contribution >= 4 is 45.3 Å². The van der Waals surface area contributed by atoms with E-state index in [1.807, 2.05) is 41.1 Å². The lowest BCUT2D eigenvalue weighted by Gasteiger charge is -2.40. The van der Waals surface area contributed by atoms with Crippen molar-refractivity contribution in [1.29, 1.82) is 0 Å². The Hall–Kier alpha value is -4.92. The average Bonchev–Trinajstić information content (AvgIpc) is 3.61. The molecular formula is C34H32N4O5. The van der Waals surface area contributed by atoms with Crippen LogP contribution in [0.2, 0.25) is 0 Å². The summed E-state index contributed by atoms with van der Waals surface area (Å²) in [5.41, 5.74) is 3.21. The molecule has 9 nitrogen and oxygen atoms in total. The molecular weight excluding hydrogens is 544 g/mol. The van der Waals surface area contributed by atoms with Crippen molar-refractivity contribution in [1.82, 2.24) is 15.1 Å². The number of amides is 2. The van der Waals surface area contributed by atoms with Gasteiger partial charge in [0.05, 0.1) is 16.9 Å². The summed E-state index contributed by atoms with van der Waals surface area (Å²) in [5, 5.41) is 21.8. The molecule has 3 N–H and O–H groups in total. The van der Waals surface area contributed by atoms with Crippen LogP contribution in [0.1, 0.15) is 83.9 Å². The van der Waals surface area contributed by atoms with Crippen LogP contribution < -0.4 is 10.6 Å². The molecule has 43 heavy (non-hydrogen) atoms. The van der Waals surface area contributed by atoms with E-state index in [0.717, 1.165) is 35.9 Å². The van der Waals surface area contributed by atoms with Crippen LogP contribution in [-0.4, -0.2) is 38.2 Å². The first-order chi connectivity index (χ1) is 20.9. The number of nitrogens with zero attached hydrogens (tertiary/aromatic N) is 2. The molecule has 9 heteroatoms. The van der Waals surface area contributed by atoms with Gasteiger partial charge in [-0.2, -0.15) is 5.10 Å². The molecule has 0 spiro atoms. The monoisotopic (exact) mass is 576 g/mol. The number of fused-ring (bicyclic) bond motifs is 2. The predicted octanol–water partition coefficient (Wildman–Crippen LogP) is 6.81. The summed E-state index contributed by atoms with van der Waals surface area (Å²) in [7, 11) is 0. The molecule has 0 saturated heterocycles. The second-order valence-electron chi connectivity index (χ2n) is 11.7. The fourth-order valence-corrected chi connectivity index (χ4v) is 6.48. The lowest BCUT2D eigenvalue weighted by molar-refractivity contribution is -0.125. The Morgan fingerprint density at radius 2 is 1.70 bits per heavy atom. The topological polar surface area (TPSA) is 126 Å². The van der Waals surface area contributed by atoms with Crippen molar-refractivity contribution in [3.05, 3.63) is 89.8 Å². The zero-order valence-electron chi connectivity index (χ0n) is 23.6. The number of aromatic carboxylic acids is 1. The molecule has 2 fully saturated rings. The second-order valence-corrected chi connectivity index (χ2v) is 11.7. The number of nitrogens with one attached hydrogen (secondary N) is 2. The number of hydrogen-bond acceptors (Lipinski definition) is 5. The van der Waals surface area contributed by atoms with E-state index in [9.17, 15) is 19.5 Å². The number of para-hydroxylation sites is 1. The number of anilines is 1. The first kappa shape index (κ1) is 26.9. The van der Waals surface area contributed by atoms with E-state index in [1.165, 1.54) is 31.0 Å². The molecule has 2 aliphatic carbocycles. The van der Waals surface area contributed by atoms with Gasteiger partial charge < -0.3 is 20.2 Å². The van der Waals surface area contributed by atoms with Crippen LogP contribution in [0.5, 0.6) is 0 Å². The van der Waals surface area contributed by atoms with Crippen LogP contribution in [0, 0.1) is 0 Å². The molecule has 2 heterocycles. The number of rotatable bonds is 7. The van der Waals surface area contributed by atoms with Crippen LogP contribution in [0.3, 0.4) is 0 Å². The highest BCUT2D eigenvalue weighted by Crippen LogP contribution is 2.38. The Morgan fingerprint density at radius 1 is 0.907 bits per heavy atom. The summed E-state index contributed by atoms with van der Waals surface area (Å²) in [6, 6.07) is 22.2. The molecule has 218 valence electrons. The third-order valence-corrected chi connectivity index (χ3v) is 8.95. The molecule has 3 aromatic carbocycles. The lowest BCUT2D eigenvalue weighted by Crippen LogP contribution is -2.61. The maximum absolute atomic E-state index is 13.6. The molecule has 0 radical (unpaired) electrons. The third kappa shape index (κ3) is 4.94. The Balaban J connectivity index is 1.14. The molecule has 2 aliphatic rings. The maximum Gasteiger partial charge on any atom is 0.371 e. The van der Waals surface area contributed by atoms with Crippen LogP contribution in [0.4, 0.5) is 5.69 Å². The molecule has 2 aromatic heterocycles. The van der Waals surface area contributed by atoms with E-state index in [0.29, 0.717) is 41.0 Å². The minimum absolute atomic E-state index is 0.169. The van der Waals surface area contributed by atoms with Gasteiger partial charge >= 0.3 is 5.97 Å². The number of furan rings is 1. The van der Waals surface area contributed by atoms with Gasteiger partial charge in [-0.25, -0.2) is 9.48 Å². The van der Waals surface area contributed by atoms with Gasteiger partial charge in [-0.15, -0.1) is 0 Å². The van der Waals surface area contributed by atoms with E-state index in [-0.39, 0.29) is 17.6 Å². The average molecular weight is 577 g/mol. The van der Waals surface area contributed by atoms with Gasteiger partial charge in [0.1, 0.15) is 11.1 Å². The van der Waals surface area contributed by atoms with Crippen LogP contribution in [0.25, 0.3) is 27.6 Å². The molecule has 5 aromatic rings. The summed E-state index contributed by atoms with van der Waals surface area (Å²) in [4.78, 5) is 38.3. The number of carbonyl (C=O) groups is 3. The Labute approximate surface area is 247 Å². The molecule has 0 bridgehead atoms. The summed E-state index contributed by atoms with van der Waals surface area (Å²) in [6.07, 6.45) is 7.78. The van der Waals surface area contributed by atoms with Crippen molar-refractivity contribution in [2.75, 3.05) is 5.32 Å². The largest absolute Gasteiger partial charge is 0.475 e. The summed E-state index contributed by atoms with van der Waals surface area (Å²) < 4.78 is 7.42. The number of benzene rings is 3. The summed E-state index contributed by atoms with van der Waals surface area (Å²) >= 11 is 0. The van der Waals surface area contributed by atoms with E-state index in [2.05, 4.69) is 22.8 Å². The molecule has 0 aliphatic heterocycles. The highest BCUT2D eigenvalue weighted by atomic mass is 16.4. The molecule has 0 atom stereocenters.